The average molecular weight is 825 g/mol. The van der Waals surface area contributed by atoms with Gasteiger partial charge in [-0.25, -0.2) is 0 Å². The van der Waals surface area contributed by atoms with Gasteiger partial charge < -0.3 is 30.6 Å². The predicted molar refractivity (Wildman–Crippen MR) is 248 cm³/mol. The molecular formula is C58H32O6. The second kappa shape index (κ2) is 18.6. The Balaban J connectivity index is 1.54. The van der Waals surface area contributed by atoms with E-state index in [0.717, 1.165) is 0 Å². The van der Waals surface area contributed by atoms with Crippen LogP contribution in [-0.4, -0.2) is 30.6 Å². The van der Waals surface area contributed by atoms with Gasteiger partial charge in [-0.3, -0.25) is 0 Å². The molecule has 64 heavy (non-hydrogen) atoms. The van der Waals surface area contributed by atoms with Crippen LogP contribution in [-0.2, 0) is 0 Å². The molecule has 6 heteroatoms. The Bertz CT molecular complexity index is 3460. The molecule has 0 spiro atoms. The summed E-state index contributed by atoms with van der Waals surface area (Å²) in [5, 5.41) is 61.4. The van der Waals surface area contributed by atoms with Crippen LogP contribution in [0.2, 0.25) is 0 Å². The van der Waals surface area contributed by atoms with E-state index in [4.69, 9.17) is 0 Å². The molecule has 0 heterocycles. The average Bonchev–Trinajstić information content (AvgIpc) is 3.30. The van der Waals surface area contributed by atoms with E-state index in [-0.39, 0.29) is 34.5 Å². The van der Waals surface area contributed by atoms with Gasteiger partial charge >= 0.3 is 0 Å². The van der Waals surface area contributed by atoms with Crippen molar-refractivity contribution < 1.29 is 30.6 Å². The maximum Gasteiger partial charge on any atom is 0.115 e. The molecule has 6 nitrogen and oxygen atoms in total. The Morgan fingerprint density at radius 3 is 0.812 bits per heavy atom. The summed E-state index contributed by atoms with van der Waals surface area (Å²) in [7, 11) is 0. The van der Waals surface area contributed by atoms with Crippen LogP contribution in [0.4, 0.5) is 0 Å². The highest BCUT2D eigenvalue weighted by molar-refractivity contribution is 6.02. The predicted octanol–water partition coefficient (Wildman–Crippen LogP) is 9.47. The monoisotopic (exact) mass is 824 g/mol. The van der Waals surface area contributed by atoms with E-state index in [1.54, 1.807) is 146 Å². The normalized spacial score (nSPS) is 9.81. The fourth-order valence-electron chi connectivity index (χ4n) is 6.38. The summed E-state index contributed by atoms with van der Waals surface area (Å²) >= 11 is 0. The Labute approximate surface area is 370 Å². The molecule has 0 saturated heterocycles. The molecule has 8 aromatic rings. The molecule has 300 valence electrons. The van der Waals surface area contributed by atoms with Crippen molar-refractivity contribution in [3.8, 4) is 106 Å². The number of aromatic hydroxyl groups is 6. The number of hydrogen-bond donors (Lipinski definition) is 6. The topological polar surface area (TPSA) is 121 Å². The third kappa shape index (κ3) is 10.1. The van der Waals surface area contributed by atoms with Crippen LogP contribution in [0.5, 0.6) is 34.5 Å². The van der Waals surface area contributed by atoms with E-state index in [1.807, 2.05) is 12.1 Å². The van der Waals surface area contributed by atoms with Crippen LogP contribution < -0.4 is 0 Å². The van der Waals surface area contributed by atoms with E-state index < -0.39 is 0 Å². The van der Waals surface area contributed by atoms with Crippen molar-refractivity contribution in [2.45, 2.75) is 0 Å². The van der Waals surface area contributed by atoms with E-state index in [2.05, 4.69) is 71.0 Å². The number of phenolic OH excluding ortho intramolecular Hbond substituents is 6. The van der Waals surface area contributed by atoms with Crippen molar-refractivity contribution >= 4 is 10.8 Å². The Morgan fingerprint density at radius 2 is 0.469 bits per heavy atom. The Kier molecular flexibility index (Phi) is 11.9. The molecule has 8 rings (SSSR count). The smallest absolute Gasteiger partial charge is 0.115 e. The third-order valence-corrected chi connectivity index (χ3v) is 9.63. The van der Waals surface area contributed by atoms with E-state index in [1.165, 1.54) is 0 Å². The molecule has 0 fully saturated rings. The summed E-state index contributed by atoms with van der Waals surface area (Å²) in [5.41, 5.74) is 6.72. The lowest BCUT2D eigenvalue weighted by molar-refractivity contribution is 0.474. The van der Waals surface area contributed by atoms with Crippen LogP contribution in [0, 0.1) is 71.0 Å². The molecular weight excluding hydrogens is 793 g/mol. The molecule has 0 saturated carbocycles. The minimum Gasteiger partial charge on any atom is -0.508 e. The lowest BCUT2D eigenvalue weighted by Crippen LogP contribution is -2.01. The Hall–Kier alpha value is -9.82. The summed E-state index contributed by atoms with van der Waals surface area (Å²) in [4.78, 5) is 0. The number of hydrogen-bond acceptors (Lipinski definition) is 6. The second-order valence-corrected chi connectivity index (χ2v) is 14.2. The summed E-state index contributed by atoms with van der Waals surface area (Å²) in [6.07, 6.45) is 0. The minimum absolute atomic E-state index is 0.0881. The van der Waals surface area contributed by atoms with Gasteiger partial charge in [-0.15, -0.1) is 0 Å². The molecule has 0 atom stereocenters. The highest BCUT2D eigenvalue weighted by Gasteiger charge is 2.20. The number of rotatable bonds is 0. The van der Waals surface area contributed by atoms with Gasteiger partial charge in [-0.05, 0) is 158 Å². The highest BCUT2D eigenvalue weighted by atomic mass is 16.3. The fraction of sp³-hybridized carbons (Fsp3) is 0. The largest absolute Gasteiger partial charge is 0.508 e. The number of fused-ring (bicyclic) bond motifs is 1. The SMILES string of the molecule is Oc1ccc(C#Cc2cc(C#Cc3ccc(O)cc3)c3c(C#Cc4ccc(O)cc4)c(C#Cc4ccc(O)cc4)c(C#Cc4ccc(O)cc4)c(C#Cc4ccc(O)cc4)c3c2)cc1. The van der Waals surface area contributed by atoms with Crippen LogP contribution in [0.15, 0.2) is 158 Å². The molecule has 0 radical (unpaired) electrons. The van der Waals surface area contributed by atoms with Crippen molar-refractivity contribution in [2.24, 2.45) is 0 Å². The van der Waals surface area contributed by atoms with Gasteiger partial charge in [0.15, 0.2) is 0 Å². The summed E-state index contributed by atoms with van der Waals surface area (Å²) in [6.45, 7) is 0. The van der Waals surface area contributed by atoms with Gasteiger partial charge in [-0.2, -0.15) is 0 Å². The van der Waals surface area contributed by atoms with Gasteiger partial charge in [0, 0.05) is 60.8 Å². The number of phenols is 6. The third-order valence-electron chi connectivity index (χ3n) is 9.63. The lowest BCUT2D eigenvalue weighted by Gasteiger charge is -2.14. The first kappa shape index (κ1) is 40.9. The first-order chi connectivity index (χ1) is 31.1. The van der Waals surface area contributed by atoms with Crippen LogP contribution in [0.3, 0.4) is 0 Å². The minimum atomic E-state index is 0.0881. The van der Waals surface area contributed by atoms with E-state index in [9.17, 15) is 30.6 Å². The molecule has 0 amide bonds. The molecule has 6 N–H and O–H groups in total. The van der Waals surface area contributed by atoms with Gasteiger partial charge in [0.1, 0.15) is 34.5 Å². The van der Waals surface area contributed by atoms with Crippen molar-refractivity contribution in [2.75, 3.05) is 0 Å². The summed E-state index contributed by atoms with van der Waals surface area (Å²) in [5.74, 6) is 40.3. The van der Waals surface area contributed by atoms with Crippen molar-refractivity contribution in [1.29, 1.82) is 0 Å². The molecule has 0 aromatic heterocycles. The first-order valence-electron chi connectivity index (χ1n) is 19.7. The quantitative estimate of drug-likeness (QED) is 0.0849. The van der Waals surface area contributed by atoms with Gasteiger partial charge in [-0.1, -0.05) is 71.0 Å². The summed E-state index contributed by atoms with van der Waals surface area (Å²) < 4.78 is 0. The van der Waals surface area contributed by atoms with Crippen molar-refractivity contribution in [3.05, 3.63) is 224 Å². The molecule has 0 aliphatic rings. The zero-order valence-electron chi connectivity index (χ0n) is 33.7. The van der Waals surface area contributed by atoms with Gasteiger partial charge in [0.05, 0.1) is 16.7 Å². The maximum atomic E-state index is 10.1. The van der Waals surface area contributed by atoms with Crippen LogP contribution in [0.25, 0.3) is 10.8 Å². The maximum absolute atomic E-state index is 10.1. The van der Waals surface area contributed by atoms with E-state index >= 15 is 0 Å². The second-order valence-electron chi connectivity index (χ2n) is 14.2. The molecule has 0 bridgehead atoms. The molecule has 0 aliphatic heterocycles. The number of benzene rings is 8. The van der Waals surface area contributed by atoms with Gasteiger partial charge in [0.2, 0.25) is 0 Å². The highest BCUT2D eigenvalue weighted by Crippen LogP contribution is 2.34. The standard InChI is InChI=1S/C58H32O6/c59-47-21-4-39(5-22-47)1-2-45-37-46(20-3-40-6-23-48(60)24-7-40)58-56(36-19-44-14-31-52(64)32-15-44)54(34-17-42-10-27-50(62)28-11-42)53(33-16-41-8-25-49(61)26-9-41)55(57(58)38-45)35-18-43-12-29-51(63)30-13-43/h4-15,21-32,37-38,59-64H. The fourth-order valence-corrected chi connectivity index (χ4v) is 6.38. The first-order valence-corrected chi connectivity index (χ1v) is 19.7. The van der Waals surface area contributed by atoms with Crippen LogP contribution >= 0.6 is 0 Å². The zero-order chi connectivity index (χ0) is 44.4. The zero-order valence-corrected chi connectivity index (χ0v) is 33.7. The van der Waals surface area contributed by atoms with Crippen molar-refractivity contribution in [1.82, 2.24) is 0 Å². The molecule has 0 unspecified atom stereocenters. The lowest BCUT2D eigenvalue weighted by atomic mass is 9.85. The molecule has 8 aromatic carbocycles. The van der Waals surface area contributed by atoms with Gasteiger partial charge in [0.25, 0.3) is 0 Å². The van der Waals surface area contributed by atoms with Crippen molar-refractivity contribution in [3.63, 3.8) is 0 Å². The molecule has 0 aliphatic carbocycles. The summed E-state index contributed by atoms with van der Waals surface area (Å²) in [6, 6.07) is 42.9. The van der Waals surface area contributed by atoms with Crippen LogP contribution in [0.1, 0.15) is 66.8 Å². The van der Waals surface area contributed by atoms with E-state index in [0.29, 0.717) is 77.5 Å². The Morgan fingerprint density at radius 1 is 0.219 bits per heavy atom.